The zero-order valence-electron chi connectivity index (χ0n) is 8.77. The molecule has 0 spiro atoms. The van der Waals surface area contributed by atoms with Crippen molar-refractivity contribution in [3.63, 3.8) is 0 Å². The molecule has 2 rings (SSSR count). The van der Waals surface area contributed by atoms with Gasteiger partial charge in [-0.25, -0.2) is 0 Å². The lowest BCUT2D eigenvalue weighted by molar-refractivity contribution is 0.268. The van der Waals surface area contributed by atoms with Gasteiger partial charge in [0.1, 0.15) is 0 Å². The van der Waals surface area contributed by atoms with Gasteiger partial charge in [0.15, 0.2) is 0 Å². The third kappa shape index (κ3) is 1.74. The number of fused-ring (bicyclic) bond motifs is 1. The van der Waals surface area contributed by atoms with Crippen LogP contribution >= 0.6 is 0 Å². The molecule has 15 heavy (non-hydrogen) atoms. The molecule has 0 fully saturated rings. The summed E-state index contributed by atoms with van der Waals surface area (Å²) >= 11 is 0. The molecule has 0 saturated carbocycles. The van der Waals surface area contributed by atoms with Crippen molar-refractivity contribution in [3.05, 3.63) is 47.5 Å². The topological polar surface area (TPSA) is 46.2 Å². The number of benzene rings is 2. The lowest BCUT2D eigenvalue weighted by atomic mass is 9.95. The first-order valence-electron chi connectivity index (χ1n) is 5.08. The van der Waals surface area contributed by atoms with Gasteiger partial charge in [-0.3, -0.25) is 0 Å². The van der Waals surface area contributed by atoms with E-state index in [9.17, 15) is 0 Å². The monoisotopic (exact) mass is 201 g/mol. The van der Waals surface area contributed by atoms with Gasteiger partial charge in [0.2, 0.25) is 0 Å². The maximum absolute atomic E-state index is 9.15. The van der Waals surface area contributed by atoms with Crippen LogP contribution in [-0.2, 0) is 0 Å². The van der Waals surface area contributed by atoms with Crippen molar-refractivity contribution < 1.29 is 5.11 Å². The number of aliphatic hydroxyl groups is 1. The molecule has 78 valence electrons. The molecule has 0 aromatic heterocycles. The van der Waals surface area contributed by atoms with E-state index in [0.717, 1.165) is 16.5 Å². The Balaban J connectivity index is 2.74. The molecule has 1 atom stereocenters. The average molecular weight is 201 g/mol. The predicted octanol–water partition coefficient (Wildman–Crippen LogP) is 2.14. The highest BCUT2D eigenvalue weighted by Crippen LogP contribution is 2.26. The van der Waals surface area contributed by atoms with Crippen LogP contribution in [0.5, 0.6) is 0 Å². The van der Waals surface area contributed by atoms with E-state index >= 15 is 0 Å². The Bertz CT molecular complexity index is 479. The molecule has 2 aromatic carbocycles. The van der Waals surface area contributed by atoms with Crippen molar-refractivity contribution in [2.24, 2.45) is 5.73 Å². The second-order valence-corrected chi connectivity index (χ2v) is 3.81. The van der Waals surface area contributed by atoms with Crippen LogP contribution in [0.15, 0.2) is 36.4 Å². The second-order valence-electron chi connectivity index (χ2n) is 3.81. The van der Waals surface area contributed by atoms with Crippen molar-refractivity contribution in [2.45, 2.75) is 13.0 Å². The minimum absolute atomic E-state index is 0.0190. The van der Waals surface area contributed by atoms with Crippen molar-refractivity contribution in [2.75, 3.05) is 6.61 Å². The molecule has 0 bridgehead atoms. The molecule has 2 aromatic rings. The Hall–Kier alpha value is -1.38. The van der Waals surface area contributed by atoms with Crippen LogP contribution in [0.3, 0.4) is 0 Å². The Morgan fingerprint density at radius 2 is 1.93 bits per heavy atom. The molecule has 0 saturated heterocycles. The van der Waals surface area contributed by atoms with E-state index in [1.165, 1.54) is 5.39 Å². The van der Waals surface area contributed by atoms with Gasteiger partial charge >= 0.3 is 0 Å². The van der Waals surface area contributed by atoms with E-state index < -0.39 is 0 Å². The first-order valence-corrected chi connectivity index (χ1v) is 5.08. The summed E-state index contributed by atoms with van der Waals surface area (Å²) in [5, 5.41) is 11.5. The summed E-state index contributed by atoms with van der Waals surface area (Å²) < 4.78 is 0. The van der Waals surface area contributed by atoms with E-state index in [-0.39, 0.29) is 12.6 Å². The van der Waals surface area contributed by atoms with Crippen LogP contribution in [0.25, 0.3) is 10.8 Å². The third-order valence-corrected chi connectivity index (χ3v) is 2.76. The van der Waals surface area contributed by atoms with Crippen molar-refractivity contribution in [3.8, 4) is 0 Å². The van der Waals surface area contributed by atoms with Crippen molar-refractivity contribution in [1.29, 1.82) is 0 Å². The van der Waals surface area contributed by atoms with Crippen LogP contribution in [0.2, 0.25) is 0 Å². The normalized spacial score (nSPS) is 13.0. The van der Waals surface area contributed by atoms with Gasteiger partial charge in [-0.05, 0) is 28.8 Å². The maximum Gasteiger partial charge on any atom is 0.0624 e. The minimum atomic E-state index is -0.295. The first kappa shape index (κ1) is 10.1. The molecule has 0 amide bonds. The minimum Gasteiger partial charge on any atom is -0.394 e. The average Bonchev–Trinajstić information content (AvgIpc) is 2.28. The molecular weight excluding hydrogens is 186 g/mol. The Labute approximate surface area is 89.3 Å². The van der Waals surface area contributed by atoms with E-state index in [0.29, 0.717) is 0 Å². The molecule has 1 unspecified atom stereocenters. The summed E-state index contributed by atoms with van der Waals surface area (Å²) in [5.74, 6) is 0. The number of hydrogen-bond donors (Lipinski definition) is 2. The SMILES string of the molecule is Cc1ccc2ccccc2c1C(N)CO. The zero-order valence-corrected chi connectivity index (χ0v) is 8.77. The Morgan fingerprint density at radius 1 is 1.20 bits per heavy atom. The zero-order chi connectivity index (χ0) is 10.8. The summed E-state index contributed by atoms with van der Waals surface area (Å²) in [6, 6.07) is 11.9. The lowest BCUT2D eigenvalue weighted by Crippen LogP contribution is -2.16. The van der Waals surface area contributed by atoms with E-state index in [1.807, 2.05) is 31.2 Å². The first-order chi connectivity index (χ1) is 7.24. The van der Waals surface area contributed by atoms with E-state index in [1.54, 1.807) is 0 Å². The fourth-order valence-corrected chi connectivity index (χ4v) is 1.99. The highest BCUT2D eigenvalue weighted by atomic mass is 16.3. The maximum atomic E-state index is 9.15. The van der Waals surface area contributed by atoms with E-state index in [4.69, 9.17) is 10.8 Å². The number of aryl methyl sites for hydroxylation is 1. The van der Waals surface area contributed by atoms with Gasteiger partial charge in [0.05, 0.1) is 12.6 Å². The third-order valence-electron chi connectivity index (χ3n) is 2.76. The van der Waals surface area contributed by atoms with Gasteiger partial charge in [0.25, 0.3) is 0 Å². The smallest absolute Gasteiger partial charge is 0.0624 e. The highest BCUT2D eigenvalue weighted by Gasteiger charge is 2.11. The molecule has 2 heteroatoms. The summed E-state index contributed by atoms with van der Waals surface area (Å²) in [7, 11) is 0. The fourth-order valence-electron chi connectivity index (χ4n) is 1.99. The molecule has 2 nitrogen and oxygen atoms in total. The number of aliphatic hydroxyl groups excluding tert-OH is 1. The van der Waals surface area contributed by atoms with Crippen LogP contribution in [0, 0.1) is 6.92 Å². The standard InChI is InChI=1S/C13H15NO/c1-9-6-7-10-4-2-3-5-11(10)13(9)12(14)8-15/h2-7,12,15H,8,14H2,1H3. The molecule has 0 heterocycles. The Kier molecular flexibility index (Phi) is 2.71. The largest absolute Gasteiger partial charge is 0.394 e. The van der Waals surface area contributed by atoms with Gasteiger partial charge in [-0.15, -0.1) is 0 Å². The van der Waals surface area contributed by atoms with E-state index in [2.05, 4.69) is 12.1 Å². The van der Waals surface area contributed by atoms with Gasteiger partial charge in [-0.2, -0.15) is 0 Å². The summed E-state index contributed by atoms with van der Waals surface area (Å²) in [5.41, 5.74) is 8.10. The molecule has 0 radical (unpaired) electrons. The number of hydrogen-bond acceptors (Lipinski definition) is 2. The molecule has 3 N–H and O–H groups in total. The van der Waals surface area contributed by atoms with Crippen LogP contribution in [0.1, 0.15) is 17.2 Å². The fraction of sp³-hybridized carbons (Fsp3) is 0.231. The molecule has 0 aliphatic carbocycles. The van der Waals surface area contributed by atoms with Crippen molar-refractivity contribution in [1.82, 2.24) is 0 Å². The lowest BCUT2D eigenvalue weighted by Gasteiger charge is -2.15. The molecule has 0 aliphatic heterocycles. The molecule has 0 aliphatic rings. The molecular formula is C13H15NO. The predicted molar refractivity (Wildman–Crippen MR) is 62.7 cm³/mol. The van der Waals surface area contributed by atoms with Gasteiger partial charge < -0.3 is 10.8 Å². The van der Waals surface area contributed by atoms with Crippen LogP contribution < -0.4 is 5.73 Å². The summed E-state index contributed by atoms with van der Waals surface area (Å²) in [6.45, 7) is 2.01. The summed E-state index contributed by atoms with van der Waals surface area (Å²) in [4.78, 5) is 0. The van der Waals surface area contributed by atoms with Crippen molar-refractivity contribution >= 4 is 10.8 Å². The quantitative estimate of drug-likeness (QED) is 0.782. The van der Waals surface area contributed by atoms with Gasteiger partial charge in [-0.1, -0.05) is 36.4 Å². The van der Waals surface area contributed by atoms with Gasteiger partial charge in [0, 0.05) is 0 Å². The summed E-state index contributed by atoms with van der Waals surface area (Å²) in [6.07, 6.45) is 0. The number of nitrogens with two attached hydrogens (primary N) is 1. The number of rotatable bonds is 2. The van der Waals surface area contributed by atoms with Crippen LogP contribution in [0.4, 0.5) is 0 Å². The van der Waals surface area contributed by atoms with Crippen LogP contribution in [-0.4, -0.2) is 11.7 Å². The second kappa shape index (κ2) is 4.01. The highest BCUT2D eigenvalue weighted by molar-refractivity contribution is 5.87. The Morgan fingerprint density at radius 3 is 2.67 bits per heavy atom.